The van der Waals surface area contributed by atoms with Crippen molar-refractivity contribution in [2.24, 2.45) is 11.8 Å². The molecule has 0 atom stereocenters. The van der Waals surface area contributed by atoms with Crippen molar-refractivity contribution in [3.63, 3.8) is 0 Å². The van der Waals surface area contributed by atoms with Crippen LogP contribution >= 0.6 is 0 Å². The monoisotopic (exact) mass is 499 g/mol. The molecule has 0 aromatic heterocycles. The molecule has 10 nitrogen and oxygen atoms in total. The number of hydrogen-bond acceptors (Lipinski definition) is 7. The third-order valence-corrected chi connectivity index (χ3v) is 7.77. The van der Waals surface area contributed by atoms with Crippen LogP contribution in [0.2, 0.25) is 0 Å². The molecule has 0 spiro atoms. The Labute approximate surface area is 220 Å². The molecular formula is C22H26N3NaO7S. The van der Waals surface area contributed by atoms with Crippen molar-refractivity contribution in [2.75, 3.05) is 13.7 Å². The van der Waals surface area contributed by atoms with Crippen molar-refractivity contribution in [2.45, 2.75) is 37.1 Å². The summed E-state index contributed by atoms with van der Waals surface area (Å²) < 4.78 is 33.5. The second-order valence-electron chi connectivity index (χ2n) is 8.08. The molecule has 178 valence electrons. The fourth-order valence-corrected chi connectivity index (χ4v) is 5.61. The first-order chi connectivity index (χ1) is 15.7. The first kappa shape index (κ1) is 28.2. The molecule has 1 saturated carbocycles. The number of benzene rings is 2. The first-order valence-electron chi connectivity index (χ1n) is 10.5. The van der Waals surface area contributed by atoms with E-state index >= 15 is 0 Å². The van der Waals surface area contributed by atoms with Crippen molar-refractivity contribution in [1.29, 1.82) is 0 Å². The number of sulfonamides is 1. The zero-order valence-electron chi connectivity index (χ0n) is 19.2. The van der Waals surface area contributed by atoms with Crippen LogP contribution in [0.3, 0.4) is 0 Å². The Morgan fingerprint density at radius 3 is 2.35 bits per heavy atom. The molecule has 34 heavy (non-hydrogen) atoms. The minimum atomic E-state index is -4.04. The van der Waals surface area contributed by atoms with Crippen LogP contribution in [-0.4, -0.2) is 37.2 Å². The number of hydrogen-bond donors (Lipinski definition) is 1. The third kappa shape index (κ3) is 7.00. The van der Waals surface area contributed by atoms with Crippen molar-refractivity contribution < 1.29 is 52.4 Å². The quantitative estimate of drug-likeness (QED) is 0.295. The van der Waals surface area contributed by atoms with Gasteiger partial charge in [0.05, 0.1) is 16.9 Å². The van der Waals surface area contributed by atoms with Crippen LogP contribution in [0.4, 0.5) is 5.69 Å². The summed E-state index contributed by atoms with van der Waals surface area (Å²) in [4.78, 5) is 22.0. The Morgan fingerprint density at radius 1 is 1.15 bits per heavy atom. The molecule has 1 N–H and O–H groups in total. The molecule has 1 amide bonds. The number of methoxy groups -OCH3 is 1. The van der Waals surface area contributed by atoms with Gasteiger partial charge in [-0.05, 0) is 55.4 Å². The zero-order chi connectivity index (χ0) is 24.0. The Morgan fingerprint density at radius 2 is 1.79 bits per heavy atom. The van der Waals surface area contributed by atoms with E-state index in [1.165, 1.54) is 35.1 Å². The summed E-state index contributed by atoms with van der Waals surface area (Å²) in [6.07, 6.45) is 2.21. The van der Waals surface area contributed by atoms with Gasteiger partial charge in [0.25, 0.3) is 5.69 Å². The average Bonchev–Trinajstić information content (AvgIpc) is 2.84. The maximum atomic E-state index is 13.5. The van der Waals surface area contributed by atoms with Crippen molar-refractivity contribution in [3.8, 4) is 5.75 Å². The molecule has 1 aliphatic carbocycles. The van der Waals surface area contributed by atoms with Gasteiger partial charge in [-0.15, -0.1) is 0 Å². The zero-order valence-corrected chi connectivity index (χ0v) is 22.0. The summed E-state index contributed by atoms with van der Waals surface area (Å²) in [5.74, 6) is -0.260. The van der Waals surface area contributed by atoms with Crippen LogP contribution in [0.5, 0.6) is 5.75 Å². The van der Waals surface area contributed by atoms with Gasteiger partial charge < -0.3 is 15.4 Å². The predicted octanol–water partition coefficient (Wildman–Crippen LogP) is 0.219. The predicted molar refractivity (Wildman–Crippen MR) is 121 cm³/mol. The summed E-state index contributed by atoms with van der Waals surface area (Å²) in [5.41, 5.74) is 1.87. The van der Waals surface area contributed by atoms with Crippen molar-refractivity contribution >= 4 is 21.6 Å². The van der Waals surface area contributed by atoms with Crippen molar-refractivity contribution in [3.05, 3.63) is 69.4 Å². The van der Waals surface area contributed by atoms with Crippen LogP contribution in [0.25, 0.3) is 0 Å². The number of hydroxylamine groups is 1. The van der Waals surface area contributed by atoms with E-state index in [9.17, 15) is 28.5 Å². The number of ether oxygens (including phenoxy) is 1. The number of nitrogens with zero attached hydrogens (tertiary/aromatic N) is 2. The maximum Gasteiger partial charge on any atom is 1.00 e. The molecule has 0 heterocycles. The van der Waals surface area contributed by atoms with Gasteiger partial charge in [-0.2, -0.15) is 4.31 Å². The molecular weight excluding hydrogens is 473 g/mol. The van der Waals surface area contributed by atoms with Gasteiger partial charge in [-0.3, -0.25) is 14.9 Å². The van der Waals surface area contributed by atoms with E-state index in [2.05, 4.69) is 0 Å². The number of carbonyl (C=O) groups is 1. The van der Waals surface area contributed by atoms with Gasteiger partial charge in [0.15, 0.2) is 0 Å². The van der Waals surface area contributed by atoms with Crippen LogP contribution in [0, 0.1) is 27.2 Å². The normalized spacial score (nSPS) is 18.1. The molecule has 1 aliphatic rings. The standard InChI is InChI=1S/C22H26N3O7S.Na/c1-32-20-11-7-17(8-12-20)15-24(14-16-5-9-18(10-6-16)22(26)23-27)33(30,31)21-4-2-3-19(13-21)25(28)29;/h2-4,7-8,11-13,16,18H,5-6,9-10,14-15H2,1H3,(H-,23,26,27);/q-1;+1. The van der Waals surface area contributed by atoms with E-state index in [4.69, 9.17) is 4.74 Å². The molecule has 0 bridgehead atoms. The van der Waals surface area contributed by atoms with Crippen molar-refractivity contribution in [1.82, 2.24) is 9.79 Å². The molecule has 0 unspecified atom stereocenters. The Bertz CT molecular complexity index is 1090. The van der Waals surface area contributed by atoms with Gasteiger partial charge >= 0.3 is 29.6 Å². The SMILES string of the molecule is COc1ccc(CN(CC2CCC(C(=O)N[O-])CC2)S(=O)(=O)c2cccc([N+](=O)[O-])c2)cc1.[Na+]. The molecule has 2 aromatic carbocycles. The molecule has 3 rings (SSSR count). The van der Waals surface area contributed by atoms with E-state index in [-0.39, 0.29) is 65.1 Å². The summed E-state index contributed by atoms with van der Waals surface area (Å²) >= 11 is 0. The summed E-state index contributed by atoms with van der Waals surface area (Å²) in [5, 5.41) is 21.8. The molecule has 0 radical (unpaired) electrons. The Hall–Kier alpha value is -2.02. The van der Waals surface area contributed by atoms with Crippen LogP contribution in [0.15, 0.2) is 53.4 Å². The second-order valence-corrected chi connectivity index (χ2v) is 10.0. The van der Waals surface area contributed by atoms with E-state index in [0.29, 0.717) is 31.4 Å². The largest absolute Gasteiger partial charge is 1.00 e. The van der Waals surface area contributed by atoms with Crippen LogP contribution < -0.4 is 39.8 Å². The Kier molecular flexibility index (Phi) is 10.5. The average molecular weight is 500 g/mol. The molecule has 1 fully saturated rings. The third-order valence-electron chi connectivity index (χ3n) is 5.96. The summed E-state index contributed by atoms with van der Waals surface area (Å²) in [7, 11) is -2.50. The number of nitrogens with one attached hydrogen (secondary N) is 1. The van der Waals surface area contributed by atoms with Gasteiger partial charge in [0.1, 0.15) is 5.75 Å². The van der Waals surface area contributed by atoms with Crippen LogP contribution in [-0.2, 0) is 21.4 Å². The van der Waals surface area contributed by atoms with E-state index < -0.39 is 20.9 Å². The number of amides is 1. The van der Waals surface area contributed by atoms with Gasteiger partial charge in [0, 0.05) is 31.1 Å². The van der Waals surface area contributed by atoms with Gasteiger partial charge in [-0.25, -0.2) is 8.42 Å². The maximum absolute atomic E-state index is 13.5. The molecule has 12 heteroatoms. The number of nitro benzene ring substituents is 1. The molecule has 2 aromatic rings. The molecule has 0 aliphatic heterocycles. The fourth-order valence-electron chi connectivity index (χ4n) is 4.07. The van der Waals surface area contributed by atoms with Gasteiger partial charge in [-0.1, -0.05) is 18.2 Å². The van der Waals surface area contributed by atoms with E-state index in [1.807, 2.05) is 0 Å². The number of rotatable bonds is 9. The topological polar surface area (TPSA) is 142 Å². The fraction of sp³-hybridized carbons (Fsp3) is 0.409. The number of non-ortho nitro benzene ring substituents is 1. The smallest absolute Gasteiger partial charge is 0.759 e. The second kappa shape index (κ2) is 12.6. The number of nitro groups is 1. The van der Waals surface area contributed by atoms with Gasteiger partial charge in [0.2, 0.25) is 15.9 Å². The minimum absolute atomic E-state index is 0. The Balaban J connectivity index is 0.00000408. The number of carbonyl (C=O) groups excluding carboxylic acids is 1. The van der Waals surface area contributed by atoms with E-state index in [0.717, 1.165) is 11.6 Å². The molecule has 0 saturated heterocycles. The summed E-state index contributed by atoms with van der Waals surface area (Å²) in [6, 6.07) is 12.0. The first-order valence-corrected chi connectivity index (χ1v) is 12.0. The minimum Gasteiger partial charge on any atom is -0.759 e. The summed E-state index contributed by atoms with van der Waals surface area (Å²) in [6.45, 7) is 0.277. The van der Waals surface area contributed by atoms with E-state index in [1.54, 1.807) is 24.3 Å². The van der Waals surface area contributed by atoms with Crippen LogP contribution in [0.1, 0.15) is 31.2 Å².